The van der Waals surface area contributed by atoms with Crippen molar-refractivity contribution in [2.45, 2.75) is 17.2 Å². The van der Waals surface area contributed by atoms with Crippen LogP contribution in [0.2, 0.25) is 0 Å². The van der Waals surface area contributed by atoms with Crippen molar-refractivity contribution >= 4 is 17.7 Å². The van der Waals surface area contributed by atoms with Gasteiger partial charge in [-0.1, -0.05) is 6.07 Å². The summed E-state index contributed by atoms with van der Waals surface area (Å²) in [4.78, 5) is 25.4. The minimum atomic E-state index is -0.587. The maximum Gasteiger partial charge on any atom is 0.225 e. The van der Waals surface area contributed by atoms with Crippen LogP contribution in [0.3, 0.4) is 0 Å². The Morgan fingerprint density at radius 3 is 2.39 bits per heavy atom. The minimum absolute atomic E-state index is 0.0801. The molecule has 1 atom stereocenters. The first kappa shape index (κ1) is 20.1. The molecule has 0 aromatic heterocycles. The molecule has 0 fully saturated rings. The van der Waals surface area contributed by atoms with Gasteiger partial charge in [0.15, 0.2) is 16.9 Å². The van der Waals surface area contributed by atoms with Gasteiger partial charge in [0.25, 0.3) is 0 Å². The summed E-state index contributed by atoms with van der Waals surface area (Å²) in [6, 6.07) is 7.00. The van der Waals surface area contributed by atoms with Crippen LogP contribution in [0.1, 0.15) is 23.5 Å². The molecule has 147 valence electrons. The van der Waals surface area contributed by atoms with E-state index in [1.165, 1.54) is 33.1 Å². The number of rotatable bonds is 5. The maximum atomic E-state index is 12.5. The molecule has 7 heteroatoms. The predicted octanol–water partition coefficient (Wildman–Crippen LogP) is 2.99. The van der Waals surface area contributed by atoms with E-state index in [0.717, 1.165) is 11.1 Å². The second-order valence-corrected chi connectivity index (χ2v) is 7.13. The third-order valence-corrected chi connectivity index (χ3v) is 5.66. The molecule has 2 aromatic rings. The van der Waals surface area contributed by atoms with Crippen molar-refractivity contribution in [1.82, 2.24) is 0 Å². The summed E-state index contributed by atoms with van der Waals surface area (Å²) in [6.45, 7) is 0. The molecule has 1 aliphatic carbocycles. The Bertz CT molecular complexity index is 989. The fraction of sp³-hybridized carbons (Fsp3) is 0.286. The van der Waals surface area contributed by atoms with E-state index in [0.29, 0.717) is 39.7 Å². The van der Waals surface area contributed by atoms with Crippen molar-refractivity contribution < 1.29 is 19.0 Å². The molecule has 28 heavy (non-hydrogen) atoms. The molecule has 0 aliphatic heterocycles. The number of ether oxygens (including phenoxy) is 3. The first-order valence-electron chi connectivity index (χ1n) is 8.64. The van der Waals surface area contributed by atoms with Crippen LogP contribution in [0.15, 0.2) is 34.0 Å². The third-order valence-electron chi connectivity index (χ3n) is 4.88. The number of thioether (sulfide) groups is 1. The molecular weight excluding hydrogens is 378 g/mol. The van der Waals surface area contributed by atoms with Gasteiger partial charge in [0.2, 0.25) is 11.7 Å². The number of hydrogen-bond donors (Lipinski definition) is 1. The van der Waals surface area contributed by atoms with Crippen molar-refractivity contribution in [2.75, 3.05) is 27.6 Å². The lowest BCUT2D eigenvalue weighted by Crippen LogP contribution is -2.21. The van der Waals surface area contributed by atoms with E-state index < -0.39 is 11.8 Å². The molecule has 6 nitrogen and oxygen atoms in total. The summed E-state index contributed by atoms with van der Waals surface area (Å²) in [6.07, 6.45) is 4.10. The smallest absolute Gasteiger partial charge is 0.225 e. The van der Waals surface area contributed by atoms with E-state index in [1.807, 2.05) is 18.7 Å². The van der Waals surface area contributed by atoms with Gasteiger partial charge in [0, 0.05) is 5.56 Å². The fourth-order valence-electron chi connectivity index (χ4n) is 3.56. The fourth-order valence-corrected chi connectivity index (χ4v) is 4.03. The SMILES string of the molecule is COc1cc2c(c(OC)c1OC)-c1ccc(SC)c(=O)cc1[CH]CC2C(N)=O. The zero-order chi connectivity index (χ0) is 20.4. The highest BCUT2D eigenvalue weighted by Crippen LogP contribution is 2.51. The summed E-state index contributed by atoms with van der Waals surface area (Å²) in [5, 5.41) is 0. The topological polar surface area (TPSA) is 87.8 Å². The Morgan fingerprint density at radius 1 is 1.11 bits per heavy atom. The van der Waals surface area contributed by atoms with Crippen molar-refractivity contribution in [3.8, 4) is 28.4 Å². The summed E-state index contributed by atoms with van der Waals surface area (Å²) in [5.41, 5.74) is 8.48. The van der Waals surface area contributed by atoms with E-state index in [2.05, 4.69) is 0 Å². The highest BCUT2D eigenvalue weighted by Gasteiger charge is 2.32. The maximum absolute atomic E-state index is 12.5. The molecular formula is C21H22NO5S. The molecule has 1 amide bonds. The molecule has 1 aliphatic rings. The van der Waals surface area contributed by atoms with Gasteiger partial charge in [-0.2, -0.15) is 0 Å². The zero-order valence-electron chi connectivity index (χ0n) is 16.2. The van der Waals surface area contributed by atoms with E-state index >= 15 is 0 Å². The number of carbonyl (C=O) groups excluding carboxylic acids is 1. The first-order valence-corrected chi connectivity index (χ1v) is 9.87. The van der Waals surface area contributed by atoms with Crippen LogP contribution in [-0.4, -0.2) is 33.5 Å². The van der Waals surface area contributed by atoms with Gasteiger partial charge in [-0.3, -0.25) is 9.59 Å². The average molecular weight is 400 g/mol. The summed E-state index contributed by atoms with van der Waals surface area (Å²) < 4.78 is 16.7. The highest BCUT2D eigenvalue weighted by molar-refractivity contribution is 7.98. The summed E-state index contributed by atoms with van der Waals surface area (Å²) in [5.74, 6) is 0.248. The zero-order valence-corrected chi connectivity index (χ0v) is 17.0. The Kier molecular flexibility index (Phi) is 5.84. The molecule has 2 aromatic carbocycles. The Labute approximate surface area is 168 Å². The molecule has 1 unspecified atom stereocenters. The van der Waals surface area contributed by atoms with Gasteiger partial charge in [-0.15, -0.1) is 11.8 Å². The number of nitrogens with two attached hydrogens (primary N) is 1. The van der Waals surface area contributed by atoms with Crippen LogP contribution >= 0.6 is 11.8 Å². The average Bonchev–Trinajstić information content (AvgIpc) is 2.93. The second-order valence-electron chi connectivity index (χ2n) is 6.28. The summed E-state index contributed by atoms with van der Waals surface area (Å²) in [7, 11) is 4.57. The van der Waals surface area contributed by atoms with Gasteiger partial charge >= 0.3 is 0 Å². The summed E-state index contributed by atoms with van der Waals surface area (Å²) >= 11 is 1.39. The van der Waals surface area contributed by atoms with Crippen LogP contribution in [0.4, 0.5) is 0 Å². The number of hydrogen-bond acceptors (Lipinski definition) is 6. The van der Waals surface area contributed by atoms with Crippen LogP contribution < -0.4 is 25.4 Å². The molecule has 2 N–H and O–H groups in total. The van der Waals surface area contributed by atoms with E-state index in [9.17, 15) is 9.59 Å². The van der Waals surface area contributed by atoms with Crippen LogP contribution in [0.5, 0.6) is 17.2 Å². The number of methoxy groups -OCH3 is 3. The Balaban J connectivity index is 2.47. The molecule has 0 bridgehead atoms. The number of fused-ring (bicyclic) bond motifs is 3. The van der Waals surface area contributed by atoms with Crippen molar-refractivity contribution in [3.63, 3.8) is 0 Å². The highest BCUT2D eigenvalue weighted by atomic mass is 32.2. The Hall–Kier alpha value is -2.67. The van der Waals surface area contributed by atoms with Crippen LogP contribution in [0, 0.1) is 6.42 Å². The molecule has 3 rings (SSSR count). The molecule has 0 saturated heterocycles. The van der Waals surface area contributed by atoms with Crippen molar-refractivity contribution in [3.05, 3.63) is 52.0 Å². The number of benzene rings is 1. The van der Waals surface area contributed by atoms with Crippen LogP contribution in [-0.2, 0) is 4.79 Å². The van der Waals surface area contributed by atoms with E-state index in [4.69, 9.17) is 19.9 Å². The van der Waals surface area contributed by atoms with Gasteiger partial charge in [-0.05, 0) is 54.0 Å². The molecule has 0 heterocycles. The standard InChI is InChI=1S/C21H22NO5S/c1-25-16-10-14-13(21(22)24)6-5-11-9-15(23)17(28-4)8-7-12(11)18(14)20(27-3)19(16)26-2/h5,7-10,13H,6H2,1-4H3,(H2,22,24). The monoisotopic (exact) mass is 400 g/mol. The van der Waals surface area contributed by atoms with E-state index in [-0.39, 0.29) is 5.43 Å². The molecule has 1 radical (unpaired) electrons. The van der Waals surface area contributed by atoms with Crippen molar-refractivity contribution in [2.24, 2.45) is 5.73 Å². The number of primary amides is 1. The number of carbonyl (C=O) groups is 1. The lowest BCUT2D eigenvalue weighted by atomic mass is 9.89. The van der Waals surface area contributed by atoms with Gasteiger partial charge in [-0.25, -0.2) is 0 Å². The largest absolute Gasteiger partial charge is 0.493 e. The second kappa shape index (κ2) is 8.14. The minimum Gasteiger partial charge on any atom is -0.493 e. The molecule has 0 spiro atoms. The van der Waals surface area contributed by atoms with Crippen LogP contribution in [0.25, 0.3) is 11.1 Å². The third kappa shape index (κ3) is 3.30. The predicted molar refractivity (Wildman–Crippen MR) is 110 cm³/mol. The lowest BCUT2D eigenvalue weighted by Gasteiger charge is -2.21. The van der Waals surface area contributed by atoms with Crippen molar-refractivity contribution in [1.29, 1.82) is 0 Å². The van der Waals surface area contributed by atoms with Gasteiger partial charge in [0.05, 0.1) is 32.1 Å². The lowest BCUT2D eigenvalue weighted by molar-refractivity contribution is -0.119. The normalized spacial score (nSPS) is 15.1. The quantitative estimate of drug-likeness (QED) is 0.777. The van der Waals surface area contributed by atoms with Gasteiger partial charge < -0.3 is 19.9 Å². The Morgan fingerprint density at radius 2 is 1.82 bits per heavy atom. The van der Waals surface area contributed by atoms with Gasteiger partial charge in [0.1, 0.15) is 0 Å². The number of amides is 1. The molecule has 0 saturated carbocycles. The van der Waals surface area contributed by atoms with E-state index in [1.54, 1.807) is 18.2 Å². The first-order chi connectivity index (χ1) is 13.5.